The van der Waals surface area contributed by atoms with Crippen LogP contribution in [0.5, 0.6) is 0 Å². The van der Waals surface area contributed by atoms with Crippen LogP contribution in [0.1, 0.15) is 245 Å². The zero-order valence-electron chi connectivity index (χ0n) is 48.9. The van der Waals surface area contributed by atoms with E-state index >= 15 is 0 Å². The summed E-state index contributed by atoms with van der Waals surface area (Å²) in [7, 11) is -4.40. The van der Waals surface area contributed by atoms with E-state index in [0.29, 0.717) is 6.42 Å². The van der Waals surface area contributed by atoms with Gasteiger partial charge in [0.05, 0.1) is 13.2 Å². The number of phosphoric ester groups is 1. The molecule has 3 N–H and O–H groups in total. The third-order valence-corrected chi connectivity index (χ3v) is 13.5. The standard InChI is InChI=1S/C67H112NO8P/c1-3-5-7-9-11-13-15-17-19-21-23-24-25-26-27-28-29-30-31-32-33-34-35-36-37-38-39-40-42-44-46-48-50-52-54-56-58-60-67(70)76-65(64-75-77(71,72)74-62-61-68)63-73-66(69)59-57-55-53-51-49-47-45-43-41-22-20-18-16-14-12-10-8-6-4-2/h5,7,11-14,17-20,23-24,26-27,29-30,32-33,35-36,38-39,65H,3-4,6,8-10,15-16,21-22,25,28,31,34,37,40-64,68H2,1-2H3,(H,71,72)/b7-5-,13-11-,14-12-,19-17-,20-18-,24-23-,27-26-,30-29-,33-32-,36-35-,39-38-. The van der Waals surface area contributed by atoms with E-state index in [9.17, 15) is 19.0 Å². The number of phosphoric acid groups is 1. The fourth-order valence-electron chi connectivity index (χ4n) is 8.01. The van der Waals surface area contributed by atoms with Crippen molar-refractivity contribution < 1.29 is 37.6 Å². The lowest BCUT2D eigenvalue weighted by Gasteiger charge is -2.19. The number of unbranched alkanes of at least 4 members (excludes halogenated alkanes) is 21. The van der Waals surface area contributed by atoms with E-state index in [1.165, 1.54) is 89.9 Å². The lowest BCUT2D eigenvalue weighted by molar-refractivity contribution is -0.161. The van der Waals surface area contributed by atoms with Crippen LogP contribution in [0.15, 0.2) is 134 Å². The minimum Gasteiger partial charge on any atom is -0.462 e. The molecule has 0 radical (unpaired) electrons. The second-order valence-electron chi connectivity index (χ2n) is 19.8. The number of nitrogens with two attached hydrogens (primary N) is 1. The second-order valence-corrected chi connectivity index (χ2v) is 21.3. The molecule has 0 aromatic carbocycles. The molecule has 2 atom stereocenters. The first-order chi connectivity index (χ1) is 37.8. The van der Waals surface area contributed by atoms with Crippen molar-refractivity contribution in [2.24, 2.45) is 5.73 Å². The summed E-state index contributed by atoms with van der Waals surface area (Å²) in [6, 6.07) is 0. The molecular weight excluding hydrogens is 978 g/mol. The average molecular weight is 1090 g/mol. The van der Waals surface area contributed by atoms with Gasteiger partial charge in [0.2, 0.25) is 0 Å². The molecule has 0 aromatic heterocycles. The Kier molecular flexibility index (Phi) is 58.3. The minimum absolute atomic E-state index is 0.0457. The number of hydrogen-bond acceptors (Lipinski definition) is 8. The Labute approximate surface area is 472 Å². The van der Waals surface area contributed by atoms with E-state index in [0.717, 1.165) is 122 Å². The van der Waals surface area contributed by atoms with Crippen LogP contribution < -0.4 is 5.73 Å². The van der Waals surface area contributed by atoms with Crippen molar-refractivity contribution >= 4 is 19.8 Å². The van der Waals surface area contributed by atoms with Crippen LogP contribution in [0.4, 0.5) is 0 Å². The molecule has 0 saturated heterocycles. The highest BCUT2D eigenvalue weighted by atomic mass is 31.2. The quantitative estimate of drug-likeness (QED) is 0.0264. The Bertz CT molecular complexity index is 1720. The van der Waals surface area contributed by atoms with E-state index in [4.69, 9.17) is 24.3 Å². The molecule has 9 nitrogen and oxygen atoms in total. The first-order valence-electron chi connectivity index (χ1n) is 30.7. The number of rotatable bonds is 56. The number of hydrogen-bond donors (Lipinski definition) is 2. The summed E-state index contributed by atoms with van der Waals surface area (Å²) in [5, 5.41) is 0. The van der Waals surface area contributed by atoms with Crippen LogP contribution in [0.25, 0.3) is 0 Å². The van der Waals surface area contributed by atoms with Crippen LogP contribution in [-0.2, 0) is 32.7 Å². The Balaban J connectivity index is 4.00. The third kappa shape index (κ3) is 61.2. The normalized spacial score (nSPS) is 14.0. The Morgan fingerprint density at radius 2 is 0.714 bits per heavy atom. The van der Waals surface area contributed by atoms with Crippen LogP contribution in [0.3, 0.4) is 0 Å². The summed E-state index contributed by atoms with van der Waals surface area (Å²) in [4.78, 5) is 35.2. The number of allylic oxidation sites excluding steroid dienone is 22. The third-order valence-electron chi connectivity index (χ3n) is 12.5. The Morgan fingerprint density at radius 3 is 1.06 bits per heavy atom. The fourth-order valence-corrected chi connectivity index (χ4v) is 8.78. The van der Waals surface area contributed by atoms with Gasteiger partial charge < -0.3 is 20.1 Å². The Morgan fingerprint density at radius 1 is 0.403 bits per heavy atom. The maximum absolute atomic E-state index is 12.7. The number of carbonyl (C=O) groups is 2. The van der Waals surface area contributed by atoms with Crippen LogP contribution >= 0.6 is 7.82 Å². The fraction of sp³-hybridized carbons (Fsp3) is 0.642. The number of carbonyl (C=O) groups excluding carboxylic acids is 2. The molecule has 0 aromatic rings. The van der Waals surface area contributed by atoms with Crippen molar-refractivity contribution in [2.45, 2.75) is 251 Å². The van der Waals surface area contributed by atoms with Gasteiger partial charge in [0, 0.05) is 19.4 Å². The maximum atomic E-state index is 12.7. The zero-order chi connectivity index (χ0) is 55.9. The highest BCUT2D eigenvalue weighted by Gasteiger charge is 2.26. The molecule has 0 spiro atoms. The van der Waals surface area contributed by atoms with Crippen LogP contribution in [0.2, 0.25) is 0 Å². The van der Waals surface area contributed by atoms with Crippen LogP contribution in [0, 0.1) is 0 Å². The molecule has 438 valence electrons. The molecular formula is C67H112NO8P. The smallest absolute Gasteiger partial charge is 0.462 e. The maximum Gasteiger partial charge on any atom is 0.472 e. The van der Waals surface area contributed by atoms with Crippen molar-refractivity contribution in [1.82, 2.24) is 0 Å². The van der Waals surface area contributed by atoms with E-state index in [1.807, 2.05) is 0 Å². The zero-order valence-corrected chi connectivity index (χ0v) is 49.8. The molecule has 10 heteroatoms. The van der Waals surface area contributed by atoms with Gasteiger partial charge in [0.15, 0.2) is 6.10 Å². The summed E-state index contributed by atoms with van der Waals surface area (Å²) < 4.78 is 33.0. The van der Waals surface area contributed by atoms with Gasteiger partial charge in [-0.15, -0.1) is 0 Å². The van der Waals surface area contributed by atoms with E-state index in [-0.39, 0.29) is 32.6 Å². The first-order valence-corrected chi connectivity index (χ1v) is 32.2. The molecule has 0 saturated carbocycles. The summed E-state index contributed by atoms with van der Waals surface area (Å²) in [6.07, 6.45) is 86.5. The summed E-state index contributed by atoms with van der Waals surface area (Å²) in [5.74, 6) is -0.845. The van der Waals surface area contributed by atoms with E-state index < -0.39 is 32.5 Å². The van der Waals surface area contributed by atoms with Gasteiger partial charge in [-0.05, 0) is 116 Å². The molecule has 0 fully saturated rings. The van der Waals surface area contributed by atoms with Gasteiger partial charge in [-0.3, -0.25) is 18.6 Å². The SMILES string of the molecule is CC/C=C\C/C=C\C/C=C\C/C=C\C/C=C\C/C=C\C/C=C\C/C=C\C/C=C\CCCCCCCCCCCC(=O)OC(COC(=O)CCCCCCCCCCC/C=C\C/C=C\CCCCC)COP(=O)(O)OCCN. The minimum atomic E-state index is -4.40. The van der Waals surface area contributed by atoms with E-state index in [2.05, 4.69) is 148 Å². The van der Waals surface area contributed by atoms with Crippen molar-refractivity contribution in [2.75, 3.05) is 26.4 Å². The second kappa shape index (κ2) is 61.4. The van der Waals surface area contributed by atoms with Gasteiger partial charge in [-0.1, -0.05) is 250 Å². The highest BCUT2D eigenvalue weighted by molar-refractivity contribution is 7.47. The molecule has 0 aliphatic carbocycles. The predicted octanol–water partition coefficient (Wildman–Crippen LogP) is 19.7. The van der Waals surface area contributed by atoms with Crippen molar-refractivity contribution in [3.63, 3.8) is 0 Å². The molecule has 77 heavy (non-hydrogen) atoms. The van der Waals surface area contributed by atoms with E-state index in [1.54, 1.807) is 0 Å². The lowest BCUT2D eigenvalue weighted by atomic mass is 10.1. The van der Waals surface area contributed by atoms with Gasteiger partial charge in [-0.25, -0.2) is 4.57 Å². The van der Waals surface area contributed by atoms with Crippen molar-refractivity contribution in [3.05, 3.63) is 134 Å². The van der Waals surface area contributed by atoms with Crippen molar-refractivity contribution in [1.29, 1.82) is 0 Å². The Hall–Kier alpha value is -3.85. The summed E-state index contributed by atoms with van der Waals surface area (Å²) >= 11 is 0. The van der Waals surface area contributed by atoms with Crippen molar-refractivity contribution in [3.8, 4) is 0 Å². The lowest BCUT2D eigenvalue weighted by Crippen LogP contribution is -2.29. The highest BCUT2D eigenvalue weighted by Crippen LogP contribution is 2.43. The summed E-state index contributed by atoms with van der Waals surface area (Å²) in [6.45, 7) is 3.59. The molecule has 0 amide bonds. The predicted molar refractivity (Wildman–Crippen MR) is 330 cm³/mol. The largest absolute Gasteiger partial charge is 0.472 e. The molecule has 0 aliphatic heterocycles. The average Bonchev–Trinajstić information content (AvgIpc) is 3.42. The van der Waals surface area contributed by atoms with Gasteiger partial charge in [-0.2, -0.15) is 0 Å². The first kappa shape index (κ1) is 73.2. The van der Waals surface area contributed by atoms with Crippen LogP contribution in [-0.4, -0.2) is 49.3 Å². The number of ether oxygens (including phenoxy) is 2. The van der Waals surface area contributed by atoms with Gasteiger partial charge >= 0.3 is 19.8 Å². The van der Waals surface area contributed by atoms with Gasteiger partial charge in [0.1, 0.15) is 6.61 Å². The summed E-state index contributed by atoms with van der Waals surface area (Å²) in [5.41, 5.74) is 5.38. The molecule has 2 unspecified atom stereocenters. The molecule has 0 rings (SSSR count). The number of esters is 2. The molecule has 0 aliphatic rings. The van der Waals surface area contributed by atoms with Gasteiger partial charge in [0.25, 0.3) is 0 Å². The molecule has 0 heterocycles. The monoisotopic (exact) mass is 1090 g/mol. The topological polar surface area (TPSA) is 134 Å². The molecule has 0 bridgehead atoms.